The zero-order chi connectivity index (χ0) is 15.4. The Morgan fingerprint density at radius 2 is 1.57 bits per heavy atom. The lowest BCUT2D eigenvalue weighted by Crippen LogP contribution is -2.30. The lowest BCUT2D eigenvalue weighted by Gasteiger charge is -2.21. The van der Waals surface area contributed by atoms with Crippen molar-refractivity contribution in [3.8, 4) is 5.75 Å². The standard InChI is InChI=1S/C14H12F4N2O/c15-9-5-3-6-10(16)12(9)13(20-19)8-4-1-2-7-11(8)21-14(17)18/h1-7,13-14,20H,19H2. The molecule has 0 saturated carbocycles. The minimum Gasteiger partial charge on any atom is -0.434 e. The minimum absolute atomic E-state index is 0.101. The van der Waals surface area contributed by atoms with Gasteiger partial charge in [0, 0.05) is 11.1 Å². The third-order valence-electron chi connectivity index (χ3n) is 2.90. The zero-order valence-electron chi connectivity index (χ0n) is 10.7. The molecule has 7 heteroatoms. The molecule has 0 spiro atoms. The molecular formula is C14H12F4N2O. The highest BCUT2D eigenvalue weighted by atomic mass is 19.3. The lowest BCUT2D eigenvalue weighted by atomic mass is 9.97. The van der Waals surface area contributed by atoms with Gasteiger partial charge in [-0.15, -0.1) is 0 Å². The van der Waals surface area contributed by atoms with E-state index in [1.54, 1.807) is 0 Å². The summed E-state index contributed by atoms with van der Waals surface area (Å²) in [6.45, 7) is -3.06. The van der Waals surface area contributed by atoms with Gasteiger partial charge < -0.3 is 4.74 Å². The van der Waals surface area contributed by atoms with Gasteiger partial charge in [0.1, 0.15) is 17.4 Å². The van der Waals surface area contributed by atoms with Gasteiger partial charge in [-0.3, -0.25) is 5.84 Å². The SMILES string of the molecule is NNC(c1ccccc1OC(F)F)c1c(F)cccc1F. The Bertz CT molecular complexity index is 601. The van der Waals surface area contributed by atoms with E-state index in [1.807, 2.05) is 0 Å². The summed E-state index contributed by atoms with van der Waals surface area (Å²) in [5.41, 5.74) is 1.96. The molecule has 0 aliphatic heterocycles. The van der Waals surface area contributed by atoms with Crippen molar-refractivity contribution in [1.82, 2.24) is 5.43 Å². The summed E-state index contributed by atoms with van der Waals surface area (Å²) in [5.74, 6) is 3.45. The van der Waals surface area contributed by atoms with Gasteiger partial charge in [0.15, 0.2) is 0 Å². The molecule has 0 saturated heterocycles. The molecule has 2 rings (SSSR count). The number of hydrogen-bond acceptors (Lipinski definition) is 3. The molecule has 1 unspecified atom stereocenters. The monoisotopic (exact) mass is 300 g/mol. The van der Waals surface area contributed by atoms with Crippen molar-refractivity contribution in [3.05, 3.63) is 65.2 Å². The Kier molecular flexibility index (Phi) is 4.77. The van der Waals surface area contributed by atoms with E-state index in [1.165, 1.54) is 30.3 Å². The fourth-order valence-corrected chi connectivity index (χ4v) is 2.04. The van der Waals surface area contributed by atoms with Crippen LogP contribution in [0.3, 0.4) is 0 Å². The average molecular weight is 300 g/mol. The van der Waals surface area contributed by atoms with Crippen LogP contribution < -0.4 is 16.0 Å². The molecule has 0 radical (unpaired) electrons. The van der Waals surface area contributed by atoms with E-state index in [0.717, 1.165) is 12.1 Å². The highest BCUT2D eigenvalue weighted by Gasteiger charge is 2.24. The first-order chi connectivity index (χ1) is 10.0. The fraction of sp³-hybridized carbons (Fsp3) is 0.143. The molecule has 112 valence electrons. The largest absolute Gasteiger partial charge is 0.434 e. The normalized spacial score (nSPS) is 12.5. The predicted octanol–water partition coefficient (Wildman–Crippen LogP) is 3.12. The van der Waals surface area contributed by atoms with Crippen molar-refractivity contribution < 1.29 is 22.3 Å². The summed E-state index contributed by atoms with van der Waals surface area (Å²) >= 11 is 0. The van der Waals surface area contributed by atoms with Gasteiger partial charge in [-0.05, 0) is 18.2 Å². The van der Waals surface area contributed by atoms with Crippen molar-refractivity contribution in [2.45, 2.75) is 12.7 Å². The first-order valence-electron chi connectivity index (χ1n) is 5.98. The molecule has 0 heterocycles. The predicted molar refractivity (Wildman–Crippen MR) is 68.6 cm³/mol. The Morgan fingerprint density at radius 3 is 2.14 bits per heavy atom. The first-order valence-corrected chi connectivity index (χ1v) is 5.98. The summed E-state index contributed by atoms with van der Waals surface area (Å²) < 4.78 is 56.9. The number of ether oxygens (including phenoxy) is 1. The Hall–Kier alpha value is -2.12. The Balaban J connectivity index is 2.52. The number of halogens is 4. The van der Waals surface area contributed by atoms with E-state index in [-0.39, 0.29) is 16.9 Å². The summed E-state index contributed by atoms with van der Waals surface area (Å²) in [6, 6.07) is 7.80. The third kappa shape index (κ3) is 3.32. The molecule has 0 aliphatic rings. The summed E-state index contributed by atoms with van der Waals surface area (Å²) in [4.78, 5) is 0. The van der Waals surface area contributed by atoms with Crippen LogP contribution in [0.4, 0.5) is 17.6 Å². The van der Waals surface area contributed by atoms with Gasteiger partial charge in [0.25, 0.3) is 0 Å². The van der Waals surface area contributed by atoms with Gasteiger partial charge in [0.2, 0.25) is 0 Å². The smallest absolute Gasteiger partial charge is 0.387 e. The minimum atomic E-state index is -3.06. The molecular weight excluding hydrogens is 288 g/mol. The van der Waals surface area contributed by atoms with Crippen LogP contribution in [-0.4, -0.2) is 6.61 Å². The number of nitrogens with one attached hydrogen (secondary N) is 1. The Labute approximate surface area is 118 Å². The number of nitrogens with two attached hydrogens (primary N) is 1. The summed E-state index contributed by atoms with van der Waals surface area (Å²) in [6.07, 6.45) is 0. The zero-order valence-corrected chi connectivity index (χ0v) is 10.7. The summed E-state index contributed by atoms with van der Waals surface area (Å²) in [7, 11) is 0. The van der Waals surface area contributed by atoms with Crippen molar-refractivity contribution in [3.63, 3.8) is 0 Å². The second-order valence-corrected chi connectivity index (χ2v) is 4.15. The molecule has 3 nitrogen and oxygen atoms in total. The average Bonchev–Trinajstić information content (AvgIpc) is 2.43. The number of benzene rings is 2. The molecule has 0 fully saturated rings. The molecule has 1 atom stereocenters. The molecule has 2 aromatic carbocycles. The van der Waals surface area contributed by atoms with E-state index < -0.39 is 24.3 Å². The molecule has 0 aromatic heterocycles. The molecule has 0 aliphatic carbocycles. The number of alkyl halides is 2. The maximum Gasteiger partial charge on any atom is 0.387 e. The van der Waals surface area contributed by atoms with Gasteiger partial charge in [-0.2, -0.15) is 8.78 Å². The fourth-order valence-electron chi connectivity index (χ4n) is 2.04. The highest BCUT2D eigenvalue weighted by molar-refractivity contribution is 5.42. The third-order valence-corrected chi connectivity index (χ3v) is 2.90. The molecule has 3 N–H and O–H groups in total. The molecule has 0 bridgehead atoms. The number of hydrazine groups is 1. The Morgan fingerprint density at radius 1 is 0.952 bits per heavy atom. The van der Waals surface area contributed by atoms with Crippen LogP contribution in [0.15, 0.2) is 42.5 Å². The van der Waals surface area contributed by atoms with Crippen LogP contribution in [0.5, 0.6) is 5.75 Å². The van der Waals surface area contributed by atoms with Crippen LogP contribution in [0.25, 0.3) is 0 Å². The maximum atomic E-state index is 13.8. The second kappa shape index (κ2) is 6.55. The molecule has 2 aromatic rings. The van der Waals surface area contributed by atoms with Gasteiger partial charge in [-0.1, -0.05) is 24.3 Å². The van der Waals surface area contributed by atoms with Crippen LogP contribution in [-0.2, 0) is 0 Å². The van der Waals surface area contributed by atoms with Gasteiger partial charge in [-0.25, -0.2) is 14.2 Å². The topological polar surface area (TPSA) is 47.3 Å². The number of hydrogen-bond donors (Lipinski definition) is 2. The molecule has 0 amide bonds. The van der Waals surface area contributed by atoms with Crippen molar-refractivity contribution in [1.29, 1.82) is 0 Å². The van der Waals surface area contributed by atoms with E-state index in [4.69, 9.17) is 5.84 Å². The van der Waals surface area contributed by atoms with Crippen molar-refractivity contribution >= 4 is 0 Å². The van der Waals surface area contributed by atoms with Crippen LogP contribution >= 0.6 is 0 Å². The van der Waals surface area contributed by atoms with E-state index in [0.29, 0.717) is 0 Å². The van der Waals surface area contributed by atoms with Crippen molar-refractivity contribution in [2.24, 2.45) is 5.84 Å². The van der Waals surface area contributed by atoms with E-state index >= 15 is 0 Å². The van der Waals surface area contributed by atoms with Crippen LogP contribution in [0.1, 0.15) is 17.2 Å². The first kappa shape index (κ1) is 15.3. The van der Waals surface area contributed by atoms with Gasteiger partial charge >= 0.3 is 6.61 Å². The quantitative estimate of drug-likeness (QED) is 0.507. The lowest BCUT2D eigenvalue weighted by molar-refractivity contribution is -0.0506. The molecule has 21 heavy (non-hydrogen) atoms. The van der Waals surface area contributed by atoms with Crippen LogP contribution in [0, 0.1) is 11.6 Å². The number of para-hydroxylation sites is 1. The van der Waals surface area contributed by atoms with Crippen LogP contribution in [0.2, 0.25) is 0 Å². The highest BCUT2D eigenvalue weighted by Crippen LogP contribution is 2.32. The summed E-state index contributed by atoms with van der Waals surface area (Å²) in [5, 5.41) is 0. The van der Waals surface area contributed by atoms with Gasteiger partial charge in [0.05, 0.1) is 6.04 Å². The maximum absolute atomic E-state index is 13.8. The van der Waals surface area contributed by atoms with E-state index in [2.05, 4.69) is 10.2 Å². The van der Waals surface area contributed by atoms with Crippen molar-refractivity contribution in [2.75, 3.05) is 0 Å². The van der Waals surface area contributed by atoms with E-state index in [9.17, 15) is 17.6 Å². The number of rotatable bonds is 5. The second-order valence-electron chi connectivity index (χ2n) is 4.15.